The molecule has 19 heavy (non-hydrogen) atoms. The van der Waals surface area contributed by atoms with Crippen molar-refractivity contribution in [3.05, 3.63) is 23.3 Å². The first-order chi connectivity index (χ1) is 9.19. The largest absolute Gasteiger partial charge is 0.497 e. The molecule has 1 saturated carbocycles. The smallest absolute Gasteiger partial charge is 0.126 e. The highest BCUT2D eigenvalue weighted by Crippen LogP contribution is 2.53. The van der Waals surface area contributed by atoms with Gasteiger partial charge in [-0.05, 0) is 48.6 Å². The van der Waals surface area contributed by atoms with E-state index >= 15 is 0 Å². The Morgan fingerprint density at radius 1 is 1.11 bits per heavy atom. The molecule has 2 nitrogen and oxygen atoms in total. The minimum Gasteiger partial charge on any atom is -0.497 e. The Morgan fingerprint density at radius 2 is 1.95 bits per heavy atom. The summed E-state index contributed by atoms with van der Waals surface area (Å²) in [6, 6.07) is 4.27. The summed E-state index contributed by atoms with van der Waals surface area (Å²) in [6.45, 7) is 2.45. The fourth-order valence-electron chi connectivity index (χ4n) is 4.30. The number of aryl methyl sites for hydroxylation is 1. The molecule has 2 atom stereocenters. The van der Waals surface area contributed by atoms with E-state index in [-0.39, 0.29) is 0 Å². The van der Waals surface area contributed by atoms with Crippen LogP contribution in [0.2, 0.25) is 0 Å². The van der Waals surface area contributed by atoms with E-state index in [0.717, 1.165) is 17.4 Å². The van der Waals surface area contributed by atoms with E-state index in [1.165, 1.54) is 49.7 Å². The highest BCUT2D eigenvalue weighted by molar-refractivity contribution is 5.52. The van der Waals surface area contributed by atoms with Crippen molar-refractivity contribution < 1.29 is 9.47 Å². The molecule has 0 aromatic heterocycles. The van der Waals surface area contributed by atoms with Crippen LogP contribution in [0.3, 0.4) is 0 Å². The average Bonchev–Trinajstić information content (AvgIpc) is 2.45. The fraction of sp³-hybridized carbons (Fsp3) is 0.647. The molecule has 2 aliphatic carbocycles. The molecule has 1 aromatic carbocycles. The number of ether oxygens (including phenoxy) is 2. The molecular formula is C17H24O2. The second-order valence-corrected chi connectivity index (χ2v) is 6.26. The van der Waals surface area contributed by atoms with Crippen molar-refractivity contribution in [1.82, 2.24) is 0 Å². The van der Waals surface area contributed by atoms with Gasteiger partial charge in [0, 0.05) is 11.6 Å². The van der Waals surface area contributed by atoms with Crippen LogP contribution < -0.4 is 9.47 Å². The summed E-state index contributed by atoms with van der Waals surface area (Å²) in [6.07, 6.45) is 7.91. The third-order valence-electron chi connectivity index (χ3n) is 5.35. The maximum Gasteiger partial charge on any atom is 0.126 e. The van der Waals surface area contributed by atoms with E-state index in [0.29, 0.717) is 5.41 Å². The maximum atomic E-state index is 5.69. The molecule has 1 aromatic rings. The van der Waals surface area contributed by atoms with Crippen molar-refractivity contribution in [2.45, 2.75) is 50.9 Å². The highest BCUT2D eigenvalue weighted by atomic mass is 16.5. The van der Waals surface area contributed by atoms with Crippen molar-refractivity contribution in [1.29, 1.82) is 0 Å². The van der Waals surface area contributed by atoms with Gasteiger partial charge in [-0.25, -0.2) is 0 Å². The van der Waals surface area contributed by atoms with Gasteiger partial charge in [0.15, 0.2) is 0 Å². The lowest BCUT2D eigenvalue weighted by Crippen LogP contribution is -2.39. The molecule has 2 aliphatic rings. The lowest BCUT2D eigenvalue weighted by molar-refractivity contribution is 0.172. The normalized spacial score (nSPS) is 29.3. The van der Waals surface area contributed by atoms with E-state index in [2.05, 4.69) is 19.1 Å². The zero-order valence-electron chi connectivity index (χ0n) is 12.3. The minimum absolute atomic E-state index is 0.309. The summed E-state index contributed by atoms with van der Waals surface area (Å²) in [5.41, 5.74) is 3.22. The Kier molecular flexibility index (Phi) is 3.20. The van der Waals surface area contributed by atoms with Crippen LogP contribution in [0, 0.1) is 5.92 Å². The molecule has 0 unspecified atom stereocenters. The van der Waals surface area contributed by atoms with Crippen LogP contribution in [0.25, 0.3) is 0 Å². The van der Waals surface area contributed by atoms with Gasteiger partial charge in [0.05, 0.1) is 14.2 Å². The number of rotatable bonds is 2. The van der Waals surface area contributed by atoms with Gasteiger partial charge in [0.25, 0.3) is 0 Å². The van der Waals surface area contributed by atoms with Gasteiger partial charge in [-0.1, -0.05) is 19.8 Å². The molecule has 0 heterocycles. The molecule has 104 valence electrons. The Balaban J connectivity index is 2.14. The van der Waals surface area contributed by atoms with Crippen LogP contribution >= 0.6 is 0 Å². The fourth-order valence-corrected chi connectivity index (χ4v) is 4.30. The summed E-state index contributed by atoms with van der Waals surface area (Å²) in [5.74, 6) is 2.79. The van der Waals surface area contributed by atoms with Crippen molar-refractivity contribution in [3.8, 4) is 11.5 Å². The average molecular weight is 260 g/mol. The van der Waals surface area contributed by atoms with Gasteiger partial charge in [-0.15, -0.1) is 0 Å². The predicted molar refractivity (Wildman–Crippen MR) is 77.2 cm³/mol. The van der Waals surface area contributed by atoms with Gasteiger partial charge in [0.1, 0.15) is 11.5 Å². The van der Waals surface area contributed by atoms with Crippen LogP contribution in [0.1, 0.15) is 50.2 Å². The molecular weight excluding hydrogens is 236 g/mol. The van der Waals surface area contributed by atoms with Crippen LogP contribution in [-0.2, 0) is 11.8 Å². The van der Waals surface area contributed by atoms with Crippen molar-refractivity contribution >= 4 is 0 Å². The van der Waals surface area contributed by atoms with Crippen molar-refractivity contribution in [2.24, 2.45) is 5.92 Å². The van der Waals surface area contributed by atoms with E-state index in [1.54, 1.807) is 14.2 Å². The SMILES string of the molecule is COc1cc2c(c(OC)c1)[C@@]1(C)CCCC[C@H]1CC2. The monoisotopic (exact) mass is 260 g/mol. The summed E-state index contributed by atoms with van der Waals surface area (Å²) < 4.78 is 11.1. The van der Waals surface area contributed by atoms with Crippen LogP contribution in [0.4, 0.5) is 0 Å². The Labute approximate surface area is 116 Å². The Hall–Kier alpha value is -1.18. The Morgan fingerprint density at radius 3 is 2.68 bits per heavy atom. The van der Waals surface area contributed by atoms with Gasteiger partial charge in [0.2, 0.25) is 0 Å². The topological polar surface area (TPSA) is 18.5 Å². The lowest BCUT2D eigenvalue weighted by Gasteiger charge is -2.47. The third kappa shape index (κ3) is 1.92. The molecule has 3 rings (SSSR count). The number of methoxy groups -OCH3 is 2. The molecule has 0 N–H and O–H groups in total. The van der Waals surface area contributed by atoms with Crippen LogP contribution in [-0.4, -0.2) is 14.2 Å². The Bertz CT molecular complexity index is 463. The first-order valence-corrected chi connectivity index (χ1v) is 7.44. The second kappa shape index (κ2) is 4.73. The molecule has 0 bridgehead atoms. The minimum atomic E-state index is 0.309. The molecule has 0 aliphatic heterocycles. The van der Waals surface area contributed by atoms with Gasteiger partial charge >= 0.3 is 0 Å². The lowest BCUT2D eigenvalue weighted by atomic mass is 9.58. The number of fused-ring (bicyclic) bond motifs is 3. The predicted octanol–water partition coefficient (Wildman–Crippen LogP) is 4.10. The summed E-state index contributed by atoms with van der Waals surface area (Å²) in [7, 11) is 3.51. The number of hydrogen-bond donors (Lipinski definition) is 0. The van der Waals surface area contributed by atoms with E-state index in [1.807, 2.05) is 0 Å². The number of hydrogen-bond acceptors (Lipinski definition) is 2. The third-order valence-corrected chi connectivity index (χ3v) is 5.35. The summed E-state index contributed by atoms with van der Waals surface area (Å²) >= 11 is 0. The molecule has 0 radical (unpaired) electrons. The zero-order chi connectivity index (χ0) is 13.5. The van der Waals surface area contributed by atoms with E-state index in [9.17, 15) is 0 Å². The van der Waals surface area contributed by atoms with Crippen molar-refractivity contribution in [3.63, 3.8) is 0 Å². The molecule has 0 spiro atoms. The van der Waals surface area contributed by atoms with Crippen molar-refractivity contribution in [2.75, 3.05) is 14.2 Å². The standard InChI is InChI=1S/C17H24O2/c1-17-9-5-4-6-13(17)8-7-12-10-14(18-2)11-15(19-3)16(12)17/h10-11,13H,4-9H2,1-3H3/t13-,17-/m0/s1. The molecule has 1 fully saturated rings. The summed E-state index contributed by atoms with van der Waals surface area (Å²) in [5, 5.41) is 0. The molecule has 0 saturated heterocycles. The molecule has 2 heteroatoms. The maximum absolute atomic E-state index is 5.69. The summed E-state index contributed by atoms with van der Waals surface area (Å²) in [4.78, 5) is 0. The molecule has 0 amide bonds. The van der Waals surface area contributed by atoms with E-state index in [4.69, 9.17) is 9.47 Å². The zero-order valence-corrected chi connectivity index (χ0v) is 12.3. The van der Waals surface area contributed by atoms with Crippen LogP contribution in [0.5, 0.6) is 11.5 Å². The van der Waals surface area contributed by atoms with Crippen LogP contribution in [0.15, 0.2) is 12.1 Å². The quantitative estimate of drug-likeness (QED) is 0.797. The van der Waals surface area contributed by atoms with Gasteiger partial charge < -0.3 is 9.47 Å². The highest BCUT2D eigenvalue weighted by Gasteiger charge is 2.43. The number of benzene rings is 1. The first kappa shape index (κ1) is 12.8. The van der Waals surface area contributed by atoms with E-state index < -0.39 is 0 Å². The first-order valence-electron chi connectivity index (χ1n) is 7.44. The van der Waals surface area contributed by atoms with Gasteiger partial charge in [-0.3, -0.25) is 0 Å². The second-order valence-electron chi connectivity index (χ2n) is 6.26. The van der Waals surface area contributed by atoms with Gasteiger partial charge in [-0.2, -0.15) is 0 Å².